The molecule has 0 aliphatic heterocycles. The second-order valence-corrected chi connectivity index (χ2v) is 11.9. The van der Waals surface area contributed by atoms with Crippen LogP contribution >= 0.6 is 0 Å². The maximum atomic E-state index is 10.8. The summed E-state index contributed by atoms with van der Waals surface area (Å²) in [5.74, 6) is 0. The molecule has 0 saturated heterocycles. The van der Waals surface area contributed by atoms with Gasteiger partial charge in [-0.25, -0.2) is 0 Å². The van der Waals surface area contributed by atoms with Crippen LogP contribution in [0.3, 0.4) is 0 Å². The van der Waals surface area contributed by atoms with Crippen molar-refractivity contribution in [3.63, 3.8) is 0 Å². The van der Waals surface area contributed by atoms with Crippen LogP contribution in [-0.4, -0.2) is 9.13 Å². The normalized spacial score (nSPS) is 11.3. The van der Waals surface area contributed by atoms with Gasteiger partial charge in [0.2, 0.25) is 0 Å². The number of fused-ring (bicyclic) bond motifs is 6. The van der Waals surface area contributed by atoms with E-state index in [2.05, 4.69) is 137 Å². The van der Waals surface area contributed by atoms with Crippen LogP contribution in [0.25, 0.3) is 77.2 Å². The Kier molecular flexibility index (Phi) is 6.22. The summed E-state index contributed by atoms with van der Waals surface area (Å²) in [7, 11) is 0. The Morgan fingerprint density at radius 1 is 0.396 bits per heavy atom. The van der Waals surface area contributed by atoms with Crippen LogP contribution < -0.4 is 0 Å². The van der Waals surface area contributed by atoms with Gasteiger partial charge >= 0.3 is 0 Å². The molecule has 4 nitrogen and oxygen atoms in total. The Hall–Kier alpha value is -6.88. The molecule has 2 aromatic heterocycles. The van der Waals surface area contributed by atoms with Crippen molar-refractivity contribution in [2.45, 2.75) is 0 Å². The number of nitriles is 2. The third kappa shape index (κ3) is 4.01. The molecule has 0 saturated carbocycles. The Morgan fingerprint density at radius 3 is 1.40 bits per heavy atom. The highest BCUT2D eigenvalue weighted by Gasteiger charge is 2.22. The van der Waals surface area contributed by atoms with Gasteiger partial charge in [0.25, 0.3) is 0 Å². The molecule has 222 valence electrons. The molecule has 48 heavy (non-hydrogen) atoms. The second kappa shape index (κ2) is 10.9. The lowest BCUT2D eigenvalue weighted by molar-refractivity contribution is 1.18. The number of para-hydroxylation sites is 5. The highest BCUT2D eigenvalue weighted by molar-refractivity contribution is 6.10. The second-order valence-electron chi connectivity index (χ2n) is 11.9. The summed E-state index contributed by atoms with van der Waals surface area (Å²) in [6.45, 7) is 0. The predicted octanol–water partition coefficient (Wildman–Crippen LogP) is 11.0. The topological polar surface area (TPSA) is 57.4 Å². The van der Waals surface area contributed by atoms with Gasteiger partial charge in [-0.05, 0) is 54.1 Å². The molecule has 0 spiro atoms. The van der Waals surface area contributed by atoms with E-state index in [1.54, 1.807) is 0 Å². The van der Waals surface area contributed by atoms with E-state index in [1.807, 2.05) is 42.5 Å². The molecular formula is C44H26N4. The van der Waals surface area contributed by atoms with Gasteiger partial charge in [0.15, 0.2) is 0 Å². The minimum absolute atomic E-state index is 0.463. The van der Waals surface area contributed by atoms with Gasteiger partial charge in [-0.3, -0.25) is 0 Å². The van der Waals surface area contributed by atoms with Crippen molar-refractivity contribution in [1.82, 2.24) is 9.13 Å². The SMILES string of the molecule is N#Cc1ccc(-c2ccc(-n3c4ccccc4c4ccccc43)cc2)c(C#N)c1-c1ccccc1-n1c2ccccc2c2ccccc21. The minimum atomic E-state index is 0.463. The lowest BCUT2D eigenvalue weighted by Gasteiger charge is -2.18. The van der Waals surface area contributed by atoms with Crippen molar-refractivity contribution in [2.75, 3.05) is 0 Å². The number of nitrogens with zero attached hydrogens (tertiary/aromatic N) is 4. The smallest absolute Gasteiger partial charge is 0.100 e. The molecule has 0 unspecified atom stereocenters. The molecule has 0 amide bonds. The lowest BCUT2D eigenvalue weighted by atomic mass is 9.88. The van der Waals surface area contributed by atoms with E-state index in [0.29, 0.717) is 16.7 Å². The van der Waals surface area contributed by atoms with Crippen LogP contribution in [0.5, 0.6) is 0 Å². The fourth-order valence-corrected chi connectivity index (χ4v) is 7.39. The summed E-state index contributed by atoms with van der Waals surface area (Å²) in [6.07, 6.45) is 0. The largest absolute Gasteiger partial charge is 0.309 e. The van der Waals surface area contributed by atoms with Crippen LogP contribution in [0.2, 0.25) is 0 Å². The molecule has 9 rings (SSSR count). The van der Waals surface area contributed by atoms with Gasteiger partial charge in [-0.2, -0.15) is 10.5 Å². The van der Waals surface area contributed by atoms with Crippen LogP contribution in [0, 0.1) is 22.7 Å². The first-order valence-corrected chi connectivity index (χ1v) is 15.9. The first-order valence-electron chi connectivity index (χ1n) is 15.9. The summed E-state index contributed by atoms with van der Waals surface area (Å²) in [5, 5.41) is 25.9. The van der Waals surface area contributed by atoms with Crippen molar-refractivity contribution >= 4 is 43.6 Å². The maximum Gasteiger partial charge on any atom is 0.100 e. The zero-order valence-corrected chi connectivity index (χ0v) is 25.8. The average molecular weight is 611 g/mol. The van der Waals surface area contributed by atoms with Crippen molar-refractivity contribution < 1.29 is 0 Å². The molecule has 2 heterocycles. The van der Waals surface area contributed by atoms with E-state index in [4.69, 9.17) is 0 Å². The van der Waals surface area contributed by atoms with Crippen LogP contribution in [0.4, 0.5) is 0 Å². The van der Waals surface area contributed by atoms with Crippen molar-refractivity contribution in [3.8, 4) is 45.8 Å². The fraction of sp³-hybridized carbons (Fsp3) is 0. The molecule has 7 aromatic carbocycles. The summed E-state index contributed by atoms with van der Waals surface area (Å²) in [6, 6.07) is 58.8. The quantitative estimate of drug-likeness (QED) is 0.199. The lowest BCUT2D eigenvalue weighted by Crippen LogP contribution is -2.01. The van der Waals surface area contributed by atoms with Gasteiger partial charge in [0, 0.05) is 43.9 Å². The standard InChI is InChI=1S/C44H26N4/c45-27-30-23-26-32(29-21-24-31(25-22-29)47-39-16-6-1-11-33(39)34-12-2-7-17-40(34)47)38(28-46)44(30)37-15-5-10-20-43(37)48-41-18-8-3-13-35(41)36-14-4-9-19-42(36)48/h1-26H. The molecular weight excluding hydrogens is 585 g/mol. The van der Waals surface area contributed by atoms with Gasteiger partial charge in [0.05, 0.1) is 45.0 Å². The van der Waals surface area contributed by atoms with E-state index in [9.17, 15) is 10.5 Å². The van der Waals surface area contributed by atoms with Gasteiger partial charge in [-0.15, -0.1) is 0 Å². The zero-order valence-electron chi connectivity index (χ0n) is 25.8. The van der Waals surface area contributed by atoms with E-state index in [0.717, 1.165) is 60.9 Å². The summed E-state index contributed by atoms with van der Waals surface area (Å²) < 4.78 is 4.53. The Morgan fingerprint density at radius 2 is 0.875 bits per heavy atom. The highest BCUT2D eigenvalue weighted by Crippen LogP contribution is 2.41. The van der Waals surface area contributed by atoms with Gasteiger partial charge in [0.1, 0.15) is 6.07 Å². The Bertz CT molecular complexity index is 2690. The molecule has 4 heteroatoms. The minimum Gasteiger partial charge on any atom is -0.309 e. The number of benzene rings is 7. The highest BCUT2D eigenvalue weighted by atomic mass is 15.0. The van der Waals surface area contributed by atoms with Crippen LogP contribution in [0.15, 0.2) is 158 Å². The van der Waals surface area contributed by atoms with Crippen molar-refractivity contribution in [1.29, 1.82) is 10.5 Å². The fourth-order valence-electron chi connectivity index (χ4n) is 7.39. The van der Waals surface area contributed by atoms with Gasteiger partial charge < -0.3 is 9.13 Å². The molecule has 0 aliphatic carbocycles. The van der Waals surface area contributed by atoms with Crippen molar-refractivity contribution in [2.24, 2.45) is 0 Å². The van der Waals surface area contributed by atoms with E-state index in [-0.39, 0.29) is 0 Å². The van der Waals surface area contributed by atoms with Gasteiger partial charge in [-0.1, -0.05) is 109 Å². The van der Waals surface area contributed by atoms with E-state index in [1.165, 1.54) is 10.8 Å². The number of rotatable bonds is 4. The molecule has 0 atom stereocenters. The van der Waals surface area contributed by atoms with Crippen molar-refractivity contribution in [3.05, 3.63) is 169 Å². The Labute approximate surface area is 277 Å². The maximum absolute atomic E-state index is 10.8. The third-order valence-corrected chi connectivity index (χ3v) is 9.45. The number of hydrogen-bond acceptors (Lipinski definition) is 2. The first kappa shape index (κ1) is 27.4. The van der Waals surface area contributed by atoms with Crippen LogP contribution in [-0.2, 0) is 0 Å². The number of hydrogen-bond donors (Lipinski definition) is 0. The summed E-state index contributed by atoms with van der Waals surface area (Å²) >= 11 is 0. The first-order chi connectivity index (χ1) is 23.8. The molecule has 9 aromatic rings. The summed E-state index contributed by atoms with van der Waals surface area (Å²) in [4.78, 5) is 0. The van der Waals surface area contributed by atoms with Crippen LogP contribution in [0.1, 0.15) is 11.1 Å². The predicted molar refractivity (Wildman–Crippen MR) is 195 cm³/mol. The molecule has 0 aliphatic rings. The number of aromatic nitrogens is 2. The summed E-state index contributed by atoms with van der Waals surface area (Å²) in [5.41, 5.74) is 10.5. The van der Waals surface area contributed by atoms with E-state index >= 15 is 0 Å². The molecule has 0 N–H and O–H groups in total. The average Bonchev–Trinajstić information content (AvgIpc) is 3.67. The van der Waals surface area contributed by atoms with E-state index < -0.39 is 0 Å². The molecule has 0 bridgehead atoms. The monoisotopic (exact) mass is 610 g/mol. The molecule has 0 radical (unpaired) electrons. The third-order valence-electron chi connectivity index (χ3n) is 9.45. The Balaban J connectivity index is 1.24. The zero-order chi connectivity index (χ0) is 32.2. The molecule has 0 fully saturated rings.